The first-order valence-corrected chi connectivity index (χ1v) is 6.33. The minimum atomic E-state index is 0. The van der Waals surface area contributed by atoms with E-state index in [0.717, 1.165) is 0 Å². The molecular formula is C16H16AuN2O2. The molecule has 1 radical (unpaired) electrons. The fraction of sp³-hybridized carbons (Fsp3) is 0.125. The molecule has 5 heteroatoms. The van der Waals surface area contributed by atoms with E-state index in [4.69, 9.17) is 0 Å². The fourth-order valence-corrected chi connectivity index (χ4v) is 1.63. The molecule has 4 nitrogen and oxygen atoms in total. The third-order valence-electron chi connectivity index (χ3n) is 2.69. The van der Waals surface area contributed by atoms with Crippen molar-refractivity contribution in [2.24, 2.45) is 9.98 Å². The summed E-state index contributed by atoms with van der Waals surface area (Å²) in [5, 5.41) is 19.1. The molecule has 0 heterocycles. The third-order valence-corrected chi connectivity index (χ3v) is 2.69. The fourth-order valence-electron chi connectivity index (χ4n) is 1.63. The average Bonchev–Trinajstić information content (AvgIpc) is 2.46. The second kappa shape index (κ2) is 9.13. The molecule has 0 bridgehead atoms. The van der Waals surface area contributed by atoms with E-state index >= 15 is 0 Å². The van der Waals surface area contributed by atoms with Gasteiger partial charge >= 0.3 is 0 Å². The molecule has 2 aromatic carbocycles. The van der Waals surface area contributed by atoms with Gasteiger partial charge in [0.25, 0.3) is 0 Å². The van der Waals surface area contributed by atoms with E-state index in [9.17, 15) is 10.2 Å². The Labute approximate surface area is 139 Å². The third kappa shape index (κ3) is 5.55. The number of hydrogen-bond donors (Lipinski definition) is 2. The van der Waals surface area contributed by atoms with E-state index in [-0.39, 0.29) is 33.9 Å². The number of aliphatic imine (C=N–C) groups is 2. The Hall–Kier alpha value is -1.88. The summed E-state index contributed by atoms with van der Waals surface area (Å²) in [6, 6.07) is 14.1. The zero-order valence-corrected chi connectivity index (χ0v) is 13.4. The van der Waals surface area contributed by atoms with Crippen molar-refractivity contribution in [2.45, 2.75) is 0 Å². The van der Waals surface area contributed by atoms with Crippen LogP contribution in [0.15, 0.2) is 58.5 Å². The number of phenolic OH excluding ortho intramolecular Hbond substituents is 2. The van der Waals surface area contributed by atoms with Crippen LogP contribution in [0.1, 0.15) is 11.1 Å². The van der Waals surface area contributed by atoms with Crippen molar-refractivity contribution in [3.8, 4) is 11.5 Å². The Balaban J connectivity index is 0.00000220. The number of para-hydroxylation sites is 2. The van der Waals surface area contributed by atoms with Crippen molar-refractivity contribution in [1.29, 1.82) is 0 Å². The predicted octanol–water partition coefficient (Wildman–Crippen LogP) is 2.63. The van der Waals surface area contributed by atoms with E-state index in [1.165, 1.54) is 0 Å². The monoisotopic (exact) mass is 465 g/mol. The molecule has 0 aliphatic heterocycles. The Morgan fingerprint density at radius 1 is 0.714 bits per heavy atom. The predicted molar refractivity (Wildman–Crippen MR) is 81.1 cm³/mol. The SMILES string of the molecule is Oc1ccccc1/C=N/CC/N=C/c1ccccc1O.[Au]. The Morgan fingerprint density at radius 3 is 1.48 bits per heavy atom. The van der Waals surface area contributed by atoms with Crippen LogP contribution in [0.3, 0.4) is 0 Å². The number of rotatable bonds is 5. The van der Waals surface area contributed by atoms with Gasteiger partial charge in [0.15, 0.2) is 0 Å². The maximum absolute atomic E-state index is 9.54. The van der Waals surface area contributed by atoms with Gasteiger partial charge in [-0.1, -0.05) is 24.3 Å². The van der Waals surface area contributed by atoms with Crippen molar-refractivity contribution >= 4 is 12.4 Å². The molecule has 0 saturated carbocycles. The first-order chi connectivity index (χ1) is 9.77. The van der Waals surface area contributed by atoms with Gasteiger partial charge in [-0.2, -0.15) is 0 Å². The maximum atomic E-state index is 9.54. The van der Waals surface area contributed by atoms with E-state index in [1.54, 1.807) is 48.8 Å². The summed E-state index contributed by atoms with van der Waals surface area (Å²) in [5.41, 5.74) is 1.38. The molecule has 2 aromatic rings. The molecule has 21 heavy (non-hydrogen) atoms. The summed E-state index contributed by atoms with van der Waals surface area (Å²) in [6.07, 6.45) is 3.26. The molecule has 0 unspecified atom stereocenters. The smallest absolute Gasteiger partial charge is 0.124 e. The summed E-state index contributed by atoms with van der Waals surface area (Å²) in [4.78, 5) is 8.39. The van der Waals surface area contributed by atoms with E-state index in [2.05, 4.69) is 9.98 Å². The molecular weight excluding hydrogens is 449 g/mol. The van der Waals surface area contributed by atoms with Crippen LogP contribution in [0.25, 0.3) is 0 Å². The summed E-state index contributed by atoms with van der Waals surface area (Å²) >= 11 is 0. The molecule has 0 fully saturated rings. The zero-order valence-electron chi connectivity index (χ0n) is 11.3. The standard InChI is InChI=1S/C16H16N2O2.Au/c19-15-7-3-1-5-13(15)11-17-9-10-18-12-14-6-2-4-8-16(14)20;/h1-8,11-12,19-20H,9-10H2;/b17-11+,18-12+;. The minimum absolute atomic E-state index is 0. The summed E-state index contributed by atoms with van der Waals surface area (Å²) < 4.78 is 0. The molecule has 0 saturated heterocycles. The number of hydrogen-bond acceptors (Lipinski definition) is 4. The normalized spacial score (nSPS) is 10.9. The Bertz CT molecular complexity index is 572. The van der Waals surface area contributed by atoms with E-state index < -0.39 is 0 Å². The van der Waals surface area contributed by atoms with Gasteiger partial charge in [0.2, 0.25) is 0 Å². The van der Waals surface area contributed by atoms with Gasteiger partial charge < -0.3 is 10.2 Å². The molecule has 2 rings (SSSR count). The summed E-state index contributed by atoms with van der Waals surface area (Å²) in [5.74, 6) is 0.433. The second-order valence-corrected chi connectivity index (χ2v) is 4.19. The van der Waals surface area contributed by atoms with Gasteiger partial charge in [0, 0.05) is 45.9 Å². The molecule has 0 aromatic heterocycles. The van der Waals surface area contributed by atoms with Crippen LogP contribution in [0.5, 0.6) is 11.5 Å². The molecule has 2 N–H and O–H groups in total. The first-order valence-electron chi connectivity index (χ1n) is 6.33. The number of aromatic hydroxyl groups is 2. The van der Waals surface area contributed by atoms with Crippen LogP contribution < -0.4 is 0 Å². The maximum Gasteiger partial charge on any atom is 0.124 e. The van der Waals surface area contributed by atoms with Crippen LogP contribution in [0, 0.1) is 0 Å². The van der Waals surface area contributed by atoms with Gasteiger partial charge in [0.1, 0.15) is 11.5 Å². The second-order valence-electron chi connectivity index (χ2n) is 4.19. The largest absolute Gasteiger partial charge is 0.507 e. The van der Waals surface area contributed by atoms with Gasteiger partial charge in [0.05, 0.1) is 13.1 Å². The molecule has 0 aliphatic carbocycles. The van der Waals surface area contributed by atoms with Crippen molar-refractivity contribution < 1.29 is 32.6 Å². The Morgan fingerprint density at radius 2 is 1.10 bits per heavy atom. The van der Waals surface area contributed by atoms with Crippen LogP contribution in [-0.4, -0.2) is 35.7 Å². The Kier molecular flexibility index (Phi) is 7.47. The number of benzene rings is 2. The van der Waals surface area contributed by atoms with Gasteiger partial charge in [-0.3, -0.25) is 9.98 Å². The first kappa shape index (κ1) is 17.2. The van der Waals surface area contributed by atoms with Crippen molar-refractivity contribution in [3.05, 3.63) is 59.7 Å². The molecule has 113 valence electrons. The topological polar surface area (TPSA) is 65.2 Å². The number of phenols is 2. The van der Waals surface area contributed by atoms with Crippen molar-refractivity contribution in [1.82, 2.24) is 0 Å². The quantitative estimate of drug-likeness (QED) is 0.405. The summed E-state index contributed by atoms with van der Waals surface area (Å²) in [6.45, 7) is 1.05. The number of nitrogens with zero attached hydrogens (tertiary/aromatic N) is 2. The van der Waals surface area contributed by atoms with Crippen molar-refractivity contribution in [2.75, 3.05) is 13.1 Å². The van der Waals surface area contributed by atoms with E-state index in [1.807, 2.05) is 12.1 Å². The minimum Gasteiger partial charge on any atom is -0.507 e. The average molecular weight is 465 g/mol. The van der Waals surface area contributed by atoms with Gasteiger partial charge in [-0.25, -0.2) is 0 Å². The molecule has 0 aliphatic rings. The van der Waals surface area contributed by atoms with Crippen LogP contribution in [0.4, 0.5) is 0 Å². The van der Waals surface area contributed by atoms with Crippen LogP contribution >= 0.6 is 0 Å². The van der Waals surface area contributed by atoms with Gasteiger partial charge in [-0.05, 0) is 24.3 Å². The van der Waals surface area contributed by atoms with Crippen LogP contribution in [-0.2, 0) is 22.4 Å². The molecule has 0 amide bonds. The van der Waals surface area contributed by atoms with Crippen LogP contribution in [0.2, 0.25) is 0 Å². The molecule has 0 atom stereocenters. The van der Waals surface area contributed by atoms with E-state index in [0.29, 0.717) is 24.2 Å². The molecule has 0 spiro atoms. The van der Waals surface area contributed by atoms with Gasteiger partial charge in [-0.15, -0.1) is 0 Å². The van der Waals surface area contributed by atoms with Crippen molar-refractivity contribution in [3.63, 3.8) is 0 Å². The summed E-state index contributed by atoms with van der Waals surface area (Å²) in [7, 11) is 0. The zero-order chi connectivity index (χ0) is 14.2.